The molecule has 1 aromatic carbocycles. The van der Waals surface area contributed by atoms with Crippen LogP contribution < -0.4 is 10.5 Å². The van der Waals surface area contributed by atoms with Crippen molar-refractivity contribution in [3.63, 3.8) is 0 Å². The third kappa shape index (κ3) is 4.19. The topological polar surface area (TPSA) is 57.7 Å². The normalized spacial score (nSPS) is 15.6. The van der Waals surface area contributed by atoms with E-state index in [2.05, 4.69) is 28.5 Å². The van der Waals surface area contributed by atoms with Gasteiger partial charge in [-0.3, -0.25) is 4.79 Å². The minimum atomic E-state index is -0.230. The van der Waals surface area contributed by atoms with Crippen LogP contribution >= 0.6 is 11.6 Å². The fourth-order valence-electron chi connectivity index (χ4n) is 3.85. The molecule has 0 bridgehead atoms. The Labute approximate surface area is 164 Å². The molecule has 1 saturated heterocycles. The van der Waals surface area contributed by atoms with Crippen LogP contribution in [0.25, 0.3) is 16.7 Å². The third-order valence-corrected chi connectivity index (χ3v) is 5.36. The summed E-state index contributed by atoms with van der Waals surface area (Å²) in [6.07, 6.45) is 6.21. The number of fused-ring (bicyclic) bond motifs is 1. The zero-order chi connectivity index (χ0) is 19.4. The lowest BCUT2D eigenvalue weighted by atomic mass is 9.91. The number of nitrogens with one attached hydrogen (secondary N) is 1. The molecule has 144 valence electrons. The number of rotatable bonds is 6. The largest absolute Gasteiger partial charge is 0.370 e. The summed E-state index contributed by atoms with van der Waals surface area (Å²) in [6, 6.07) is 5.51. The second-order valence-electron chi connectivity index (χ2n) is 6.96. The smallest absolute Gasteiger partial charge is 0.261 e. The number of benzene rings is 1. The van der Waals surface area contributed by atoms with Crippen molar-refractivity contribution in [3.05, 3.63) is 45.7 Å². The van der Waals surface area contributed by atoms with E-state index in [-0.39, 0.29) is 11.3 Å². The summed E-state index contributed by atoms with van der Waals surface area (Å²) in [5, 5.41) is 5.31. The highest BCUT2D eigenvalue weighted by molar-refractivity contribution is 6.31. The number of hydrogen-bond acceptors (Lipinski definition) is 4. The summed E-state index contributed by atoms with van der Waals surface area (Å²) in [6.45, 7) is 9.70. The zero-order valence-electron chi connectivity index (χ0n) is 15.9. The van der Waals surface area contributed by atoms with Gasteiger partial charge in [-0.1, -0.05) is 43.1 Å². The molecule has 1 aliphatic rings. The molecule has 3 rings (SSSR count). The SMILES string of the molecule is C=C(O/N=C/C)c1c(N2CCC(CCC)CC2)c2cc(Cl)ccc2[nH]c1=O. The number of pyridine rings is 1. The summed E-state index contributed by atoms with van der Waals surface area (Å²) in [5.41, 5.74) is 1.78. The maximum absolute atomic E-state index is 12.8. The minimum absolute atomic E-state index is 0.230. The Morgan fingerprint density at radius 2 is 2.19 bits per heavy atom. The Hall–Kier alpha value is -2.27. The van der Waals surface area contributed by atoms with Gasteiger partial charge in [0.2, 0.25) is 0 Å². The molecule has 6 heteroatoms. The van der Waals surface area contributed by atoms with E-state index < -0.39 is 0 Å². The van der Waals surface area contributed by atoms with Gasteiger partial charge in [-0.25, -0.2) is 0 Å². The van der Waals surface area contributed by atoms with E-state index in [1.165, 1.54) is 19.1 Å². The number of hydrogen-bond donors (Lipinski definition) is 1. The standard InChI is InChI=1S/C21H26ClN3O2/c1-4-6-15-9-11-25(12-10-15)20-17-13-16(22)7-8-18(17)24-21(26)19(20)14(3)27-23-5-2/h5,7-8,13,15H,3-4,6,9-12H2,1-2H3,(H,24,26)/b23-5+. The lowest BCUT2D eigenvalue weighted by molar-refractivity contribution is 0.300. The van der Waals surface area contributed by atoms with Crippen LogP contribution in [0.3, 0.4) is 0 Å². The summed E-state index contributed by atoms with van der Waals surface area (Å²) in [7, 11) is 0. The molecule has 0 unspecified atom stereocenters. The number of oxime groups is 1. The van der Waals surface area contributed by atoms with Gasteiger partial charge in [0.15, 0.2) is 5.76 Å². The van der Waals surface area contributed by atoms with Crippen LogP contribution in [-0.4, -0.2) is 24.3 Å². The van der Waals surface area contributed by atoms with Crippen molar-refractivity contribution in [2.45, 2.75) is 39.5 Å². The lowest BCUT2D eigenvalue weighted by Gasteiger charge is -2.35. The predicted octanol–water partition coefficient (Wildman–Crippen LogP) is 5.19. The van der Waals surface area contributed by atoms with Crippen molar-refractivity contribution in [2.75, 3.05) is 18.0 Å². The fourth-order valence-corrected chi connectivity index (χ4v) is 4.02. The first-order chi connectivity index (χ1) is 13.0. The van der Waals surface area contributed by atoms with Crippen molar-refractivity contribution in [1.29, 1.82) is 0 Å². The number of halogens is 1. The first-order valence-corrected chi connectivity index (χ1v) is 9.87. The molecular weight excluding hydrogens is 362 g/mol. The van der Waals surface area contributed by atoms with Crippen LogP contribution in [0, 0.1) is 5.92 Å². The summed E-state index contributed by atoms with van der Waals surface area (Å²) in [5.74, 6) is 0.984. The highest BCUT2D eigenvalue weighted by Crippen LogP contribution is 2.36. The molecule has 1 N–H and O–H groups in total. The van der Waals surface area contributed by atoms with E-state index in [0.717, 1.165) is 48.4 Å². The molecule has 0 saturated carbocycles. The minimum Gasteiger partial charge on any atom is -0.370 e. The van der Waals surface area contributed by atoms with Gasteiger partial charge in [0.1, 0.15) is 5.56 Å². The molecule has 0 amide bonds. The Morgan fingerprint density at radius 1 is 1.44 bits per heavy atom. The van der Waals surface area contributed by atoms with Crippen LogP contribution in [0.2, 0.25) is 5.02 Å². The van der Waals surface area contributed by atoms with Crippen molar-refractivity contribution < 1.29 is 4.84 Å². The number of anilines is 1. The van der Waals surface area contributed by atoms with Crippen LogP contribution in [0.4, 0.5) is 5.69 Å². The molecule has 2 aromatic rings. The predicted molar refractivity (Wildman–Crippen MR) is 114 cm³/mol. The Morgan fingerprint density at radius 3 is 2.85 bits per heavy atom. The van der Waals surface area contributed by atoms with E-state index in [1.54, 1.807) is 13.0 Å². The van der Waals surface area contributed by atoms with Gasteiger partial charge in [0.25, 0.3) is 5.56 Å². The van der Waals surface area contributed by atoms with E-state index in [9.17, 15) is 4.79 Å². The van der Waals surface area contributed by atoms with Gasteiger partial charge >= 0.3 is 0 Å². The maximum Gasteiger partial charge on any atom is 0.261 e. The van der Waals surface area contributed by atoms with Crippen LogP contribution in [0.1, 0.15) is 45.1 Å². The molecule has 1 fully saturated rings. The molecule has 5 nitrogen and oxygen atoms in total. The van der Waals surface area contributed by atoms with Gasteiger partial charge in [0.05, 0.1) is 11.2 Å². The highest BCUT2D eigenvalue weighted by Gasteiger charge is 2.26. The van der Waals surface area contributed by atoms with Crippen molar-refractivity contribution >= 4 is 40.2 Å². The average Bonchev–Trinajstić information content (AvgIpc) is 2.66. The Balaban J connectivity index is 2.10. The highest BCUT2D eigenvalue weighted by atomic mass is 35.5. The average molecular weight is 388 g/mol. The number of piperidine rings is 1. The maximum atomic E-state index is 12.8. The molecule has 2 heterocycles. The number of aromatic amines is 1. The first-order valence-electron chi connectivity index (χ1n) is 9.49. The summed E-state index contributed by atoms with van der Waals surface area (Å²) >= 11 is 6.26. The van der Waals surface area contributed by atoms with Gasteiger partial charge in [-0.2, -0.15) is 0 Å². The van der Waals surface area contributed by atoms with E-state index in [0.29, 0.717) is 10.6 Å². The van der Waals surface area contributed by atoms with Crippen LogP contribution in [0.15, 0.2) is 34.7 Å². The van der Waals surface area contributed by atoms with Gasteiger partial charge < -0.3 is 14.7 Å². The molecule has 0 aliphatic carbocycles. The van der Waals surface area contributed by atoms with Gasteiger partial charge in [-0.05, 0) is 43.9 Å². The summed E-state index contributed by atoms with van der Waals surface area (Å²) < 4.78 is 0. The van der Waals surface area contributed by atoms with Crippen molar-refractivity contribution in [3.8, 4) is 0 Å². The molecule has 0 radical (unpaired) electrons. The Kier molecular flexibility index (Phi) is 6.22. The zero-order valence-corrected chi connectivity index (χ0v) is 16.7. The van der Waals surface area contributed by atoms with E-state index in [4.69, 9.17) is 16.4 Å². The number of H-pyrrole nitrogens is 1. The third-order valence-electron chi connectivity index (χ3n) is 5.12. The first kappa shape index (κ1) is 19.5. The Bertz CT molecular complexity index is 912. The van der Waals surface area contributed by atoms with Crippen LogP contribution in [0.5, 0.6) is 0 Å². The van der Waals surface area contributed by atoms with Gasteiger partial charge in [-0.15, -0.1) is 0 Å². The van der Waals surface area contributed by atoms with Crippen molar-refractivity contribution in [1.82, 2.24) is 4.98 Å². The molecule has 0 spiro atoms. The number of aromatic nitrogens is 1. The lowest BCUT2D eigenvalue weighted by Crippen LogP contribution is -2.35. The van der Waals surface area contributed by atoms with E-state index >= 15 is 0 Å². The van der Waals surface area contributed by atoms with Gasteiger partial charge in [0, 0.05) is 29.7 Å². The summed E-state index contributed by atoms with van der Waals surface area (Å²) in [4.78, 5) is 23.4. The molecule has 1 aliphatic heterocycles. The fraction of sp³-hybridized carbons (Fsp3) is 0.429. The molecule has 0 atom stereocenters. The van der Waals surface area contributed by atoms with Crippen LogP contribution in [-0.2, 0) is 4.84 Å². The second-order valence-corrected chi connectivity index (χ2v) is 7.40. The molecule has 27 heavy (non-hydrogen) atoms. The quantitative estimate of drug-likeness (QED) is 0.421. The second kappa shape index (κ2) is 8.61. The molecular formula is C21H26ClN3O2. The van der Waals surface area contributed by atoms with Crippen molar-refractivity contribution in [2.24, 2.45) is 11.1 Å². The molecule has 1 aromatic heterocycles. The number of nitrogens with zero attached hydrogens (tertiary/aromatic N) is 2. The van der Waals surface area contributed by atoms with E-state index in [1.807, 2.05) is 12.1 Å². The monoisotopic (exact) mass is 387 g/mol.